The van der Waals surface area contributed by atoms with Crippen LogP contribution in [0.25, 0.3) is 0 Å². The third kappa shape index (κ3) is 3.67. The van der Waals surface area contributed by atoms with Crippen molar-refractivity contribution in [3.8, 4) is 5.75 Å². The lowest BCUT2D eigenvalue weighted by Gasteiger charge is -2.11. The molecule has 0 atom stereocenters. The summed E-state index contributed by atoms with van der Waals surface area (Å²) in [6, 6.07) is 12.0. The Bertz CT molecular complexity index is 662. The Balaban J connectivity index is 2.14. The zero-order valence-electron chi connectivity index (χ0n) is 12.9. The Hall–Kier alpha value is -1.74. The van der Waals surface area contributed by atoms with Gasteiger partial charge in [-0.1, -0.05) is 18.2 Å². The highest BCUT2D eigenvalue weighted by Gasteiger charge is 2.13. The summed E-state index contributed by atoms with van der Waals surface area (Å²) in [7, 11) is 1.65. The van der Waals surface area contributed by atoms with E-state index >= 15 is 0 Å². The van der Waals surface area contributed by atoms with Crippen LogP contribution in [0.2, 0.25) is 0 Å². The van der Waals surface area contributed by atoms with Gasteiger partial charge in [0.05, 0.1) is 12.9 Å². The first kappa shape index (κ1) is 15.6. The Kier molecular flexibility index (Phi) is 5.07. The van der Waals surface area contributed by atoms with Crippen molar-refractivity contribution in [2.24, 2.45) is 0 Å². The Labute approximate surface area is 130 Å². The molecular weight excluding hydrogens is 280 g/mol. The lowest BCUT2D eigenvalue weighted by Crippen LogP contribution is -2.06. The molecular formula is C18H20O2S. The van der Waals surface area contributed by atoms with E-state index < -0.39 is 0 Å². The number of rotatable bonds is 5. The summed E-state index contributed by atoms with van der Waals surface area (Å²) in [5.41, 5.74) is 3.95. The number of Topliss-reactive ketones (excluding diaryl/α,β-unsaturated/α-hetero) is 1. The minimum atomic E-state index is 0.159. The van der Waals surface area contributed by atoms with Gasteiger partial charge in [-0.3, -0.25) is 4.79 Å². The number of ketones is 1. The van der Waals surface area contributed by atoms with Crippen molar-refractivity contribution in [1.82, 2.24) is 0 Å². The highest BCUT2D eigenvalue weighted by Crippen LogP contribution is 2.26. The number of hydrogen-bond donors (Lipinski definition) is 0. The molecule has 0 heterocycles. The van der Waals surface area contributed by atoms with Gasteiger partial charge in [-0.25, -0.2) is 0 Å². The first-order chi connectivity index (χ1) is 10.0. The number of ether oxygens (including phenoxy) is 1. The van der Waals surface area contributed by atoms with Crippen molar-refractivity contribution in [2.45, 2.75) is 25.7 Å². The van der Waals surface area contributed by atoms with Crippen LogP contribution in [0.1, 0.15) is 27.0 Å². The van der Waals surface area contributed by atoms with Gasteiger partial charge < -0.3 is 4.74 Å². The minimum Gasteiger partial charge on any atom is -0.496 e. The average molecular weight is 300 g/mol. The van der Waals surface area contributed by atoms with Crippen LogP contribution in [0.15, 0.2) is 41.3 Å². The number of thioether (sulfide) groups is 1. The molecule has 0 spiro atoms. The van der Waals surface area contributed by atoms with Crippen molar-refractivity contribution in [1.29, 1.82) is 0 Å². The van der Waals surface area contributed by atoms with Crippen molar-refractivity contribution < 1.29 is 9.53 Å². The van der Waals surface area contributed by atoms with Gasteiger partial charge >= 0.3 is 0 Å². The molecule has 0 radical (unpaired) electrons. The Morgan fingerprint density at radius 1 is 1.05 bits per heavy atom. The Morgan fingerprint density at radius 2 is 1.76 bits per heavy atom. The number of benzene rings is 2. The van der Waals surface area contributed by atoms with Gasteiger partial charge in [-0.15, -0.1) is 11.8 Å². The molecule has 2 aromatic rings. The third-order valence-corrected chi connectivity index (χ3v) is 4.67. The predicted molar refractivity (Wildman–Crippen MR) is 88.7 cm³/mol. The largest absolute Gasteiger partial charge is 0.496 e. The molecule has 3 heteroatoms. The highest BCUT2D eigenvalue weighted by molar-refractivity contribution is 8.00. The molecule has 0 N–H and O–H groups in total. The first-order valence-electron chi connectivity index (χ1n) is 6.89. The summed E-state index contributed by atoms with van der Waals surface area (Å²) in [6.07, 6.45) is 0. The molecule has 0 fully saturated rings. The van der Waals surface area contributed by atoms with Crippen LogP contribution in [-0.2, 0) is 0 Å². The maximum Gasteiger partial charge on any atom is 0.173 e. The predicted octanol–water partition coefficient (Wildman–Crippen LogP) is 4.60. The molecule has 0 aliphatic rings. The third-order valence-electron chi connectivity index (χ3n) is 3.49. The molecule has 0 aliphatic heterocycles. The van der Waals surface area contributed by atoms with E-state index in [0.717, 1.165) is 27.3 Å². The van der Waals surface area contributed by atoms with Crippen molar-refractivity contribution >= 4 is 17.5 Å². The summed E-state index contributed by atoms with van der Waals surface area (Å²) >= 11 is 1.59. The van der Waals surface area contributed by atoms with Crippen LogP contribution in [-0.4, -0.2) is 18.6 Å². The van der Waals surface area contributed by atoms with Gasteiger partial charge in [0.25, 0.3) is 0 Å². The van der Waals surface area contributed by atoms with Crippen molar-refractivity contribution in [3.63, 3.8) is 0 Å². The topological polar surface area (TPSA) is 26.3 Å². The SMILES string of the molecule is COc1cc(C)c(C(=O)CSc2ccccc2C)cc1C. The summed E-state index contributed by atoms with van der Waals surface area (Å²) in [4.78, 5) is 13.6. The molecule has 0 saturated heterocycles. The summed E-state index contributed by atoms with van der Waals surface area (Å²) in [5.74, 6) is 1.44. The molecule has 2 rings (SSSR count). The van der Waals surface area contributed by atoms with Crippen molar-refractivity contribution in [3.05, 3.63) is 58.7 Å². The normalized spacial score (nSPS) is 10.5. The standard InChI is InChI=1S/C18H20O2S/c1-12-7-5-6-8-18(12)21-11-16(19)15-9-14(3)17(20-4)10-13(15)2/h5-10H,11H2,1-4H3. The van der Waals surface area contributed by atoms with E-state index in [-0.39, 0.29) is 5.78 Å². The maximum absolute atomic E-state index is 12.4. The molecule has 2 aromatic carbocycles. The van der Waals surface area contributed by atoms with Gasteiger partial charge in [0, 0.05) is 10.5 Å². The molecule has 0 saturated carbocycles. The number of aryl methyl sites for hydroxylation is 3. The Morgan fingerprint density at radius 3 is 2.43 bits per heavy atom. The second-order valence-electron chi connectivity index (χ2n) is 5.11. The van der Waals surface area contributed by atoms with Crippen molar-refractivity contribution in [2.75, 3.05) is 12.9 Å². The van der Waals surface area contributed by atoms with E-state index in [0.29, 0.717) is 5.75 Å². The van der Waals surface area contributed by atoms with E-state index in [4.69, 9.17) is 4.74 Å². The van der Waals surface area contributed by atoms with E-state index in [1.165, 1.54) is 5.56 Å². The van der Waals surface area contributed by atoms with Crippen LogP contribution in [0.4, 0.5) is 0 Å². The fourth-order valence-corrected chi connectivity index (χ4v) is 3.16. The van der Waals surface area contributed by atoms with E-state index in [9.17, 15) is 4.79 Å². The molecule has 110 valence electrons. The van der Waals surface area contributed by atoms with E-state index in [1.807, 2.05) is 38.1 Å². The van der Waals surface area contributed by atoms with Crippen LogP contribution >= 0.6 is 11.8 Å². The molecule has 2 nitrogen and oxygen atoms in total. The number of carbonyl (C=O) groups excluding carboxylic acids is 1. The van der Waals surface area contributed by atoms with Gasteiger partial charge in [0.1, 0.15) is 5.75 Å². The summed E-state index contributed by atoms with van der Waals surface area (Å²) in [5, 5.41) is 0. The second kappa shape index (κ2) is 6.81. The monoisotopic (exact) mass is 300 g/mol. The molecule has 0 unspecified atom stereocenters. The molecule has 21 heavy (non-hydrogen) atoms. The van der Waals surface area contributed by atoms with Crippen LogP contribution in [0, 0.1) is 20.8 Å². The fraction of sp³-hybridized carbons (Fsp3) is 0.278. The number of hydrogen-bond acceptors (Lipinski definition) is 3. The van der Waals surface area contributed by atoms with Crippen LogP contribution in [0.5, 0.6) is 5.75 Å². The molecule has 0 amide bonds. The first-order valence-corrected chi connectivity index (χ1v) is 7.88. The number of carbonyl (C=O) groups is 1. The smallest absolute Gasteiger partial charge is 0.173 e. The quantitative estimate of drug-likeness (QED) is 0.596. The van der Waals surface area contributed by atoms with Crippen LogP contribution < -0.4 is 4.74 Å². The minimum absolute atomic E-state index is 0.159. The maximum atomic E-state index is 12.4. The van der Waals surface area contributed by atoms with Gasteiger partial charge in [0.2, 0.25) is 0 Å². The zero-order valence-corrected chi connectivity index (χ0v) is 13.7. The zero-order chi connectivity index (χ0) is 15.4. The average Bonchev–Trinajstić information content (AvgIpc) is 2.48. The lowest BCUT2D eigenvalue weighted by molar-refractivity contribution is 0.102. The van der Waals surface area contributed by atoms with E-state index in [1.54, 1.807) is 18.9 Å². The molecule has 0 aliphatic carbocycles. The van der Waals surface area contributed by atoms with Gasteiger partial charge in [-0.05, 0) is 55.7 Å². The van der Waals surface area contributed by atoms with Gasteiger partial charge in [-0.2, -0.15) is 0 Å². The van der Waals surface area contributed by atoms with Gasteiger partial charge in [0.15, 0.2) is 5.78 Å². The lowest BCUT2D eigenvalue weighted by atomic mass is 10.0. The second-order valence-corrected chi connectivity index (χ2v) is 6.13. The summed E-state index contributed by atoms with van der Waals surface area (Å²) < 4.78 is 5.29. The number of methoxy groups -OCH3 is 1. The molecule has 0 bridgehead atoms. The fourth-order valence-electron chi connectivity index (χ4n) is 2.25. The van der Waals surface area contributed by atoms with Crippen LogP contribution in [0.3, 0.4) is 0 Å². The van der Waals surface area contributed by atoms with E-state index in [2.05, 4.69) is 19.1 Å². The highest BCUT2D eigenvalue weighted by atomic mass is 32.2. The summed E-state index contributed by atoms with van der Waals surface area (Å²) in [6.45, 7) is 5.98. The molecule has 0 aromatic heterocycles.